The van der Waals surface area contributed by atoms with E-state index in [1.54, 1.807) is 6.20 Å². The van der Waals surface area contributed by atoms with E-state index in [0.717, 1.165) is 70.7 Å². The van der Waals surface area contributed by atoms with Gasteiger partial charge in [0.05, 0.1) is 17.3 Å². The molecule has 33 heavy (non-hydrogen) atoms. The highest BCUT2D eigenvalue weighted by Crippen LogP contribution is 2.33. The Morgan fingerprint density at radius 1 is 1.09 bits per heavy atom. The normalized spacial score (nSPS) is 18.1. The van der Waals surface area contributed by atoms with E-state index in [2.05, 4.69) is 44.4 Å². The first kappa shape index (κ1) is 21.3. The van der Waals surface area contributed by atoms with E-state index in [9.17, 15) is 0 Å². The van der Waals surface area contributed by atoms with E-state index in [-0.39, 0.29) is 5.60 Å². The van der Waals surface area contributed by atoms with Crippen molar-refractivity contribution in [1.29, 1.82) is 0 Å². The third-order valence-corrected chi connectivity index (χ3v) is 5.83. The molecule has 1 aliphatic rings. The SMILES string of the molecule is Cc1cc(-c2ccn3nc(Nc4cc(C)nc(C)n4)cc3c2)c(OC[C@]2(C)CCCO2)cn1. The number of ether oxygens (including phenoxy) is 2. The minimum Gasteiger partial charge on any atom is -0.488 e. The molecule has 8 heteroatoms. The van der Waals surface area contributed by atoms with Crippen LogP contribution in [0.3, 0.4) is 0 Å². The van der Waals surface area contributed by atoms with Gasteiger partial charge in [-0.1, -0.05) is 0 Å². The molecule has 1 atom stereocenters. The number of nitrogens with one attached hydrogen (secondary N) is 1. The van der Waals surface area contributed by atoms with Crippen molar-refractivity contribution >= 4 is 17.2 Å². The molecule has 0 bridgehead atoms. The molecule has 1 aliphatic heterocycles. The molecule has 0 aromatic carbocycles. The van der Waals surface area contributed by atoms with Gasteiger partial charge in [-0.3, -0.25) is 4.98 Å². The molecule has 0 aliphatic carbocycles. The summed E-state index contributed by atoms with van der Waals surface area (Å²) in [6.45, 7) is 9.22. The zero-order valence-electron chi connectivity index (χ0n) is 19.4. The van der Waals surface area contributed by atoms with Gasteiger partial charge in [-0.15, -0.1) is 0 Å². The van der Waals surface area contributed by atoms with Gasteiger partial charge in [0.25, 0.3) is 0 Å². The molecule has 5 heterocycles. The molecular weight excluding hydrogens is 416 g/mol. The van der Waals surface area contributed by atoms with Crippen LogP contribution in [0.5, 0.6) is 5.75 Å². The van der Waals surface area contributed by atoms with Gasteiger partial charge in [0.15, 0.2) is 5.82 Å². The fourth-order valence-electron chi connectivity index (χ4n) is 4.20. The van der Waals surface area contributed by atoms with Crippen LogP contribution in [0.15, 0.2) is 42.7 Å². The molecule has 4 aromatic heterocycles. The second kappa shape index (κ2) is 8.44. The van der Waals surface area contributed by atoms with Gasteiger partial charge in [-0.05, 0) is 64.3 Å². The molecule has 4 aromatic rings. The first-order valence-corrected chi connectivity index (χ1v) is 11.2. The molecule has 0 unspecified atom stereocenters. The van der Waals surface area contributed by atoms with Crippen LogP contribution >= 0.6 is 0 Å². The van der Waals surface area contributed by atoms with Crippen molar-refractivity contribution in [2.24, 2.45) is 0 Å². The molecule has 0 spiro atoms. The summed E-state index contributed by atoms with van der Waals surface area (Å²) < 4.78 is 13.9. The van der Waals surface area contributed by atoms with Crippen molar-refractivity contribution in [3.63, 3.8) is 0 Å². The van der Waals surface area contributed by atoms with Crippen molar-refractivity contribution in [2.45, 2.75) is 46.1 Å². The summed E-state index contributed by atoms with van der Waals surface area (Å²) in [6, 6.07) is 10.1. The fourth-order valence-corrected chi connectivity index (χ4v) is 4.20. The zero-order chi connectivity index (χ0) is 23.0. The van der Waals surface area contributed by atoms with E-state index >= 15 is 0 Å². The fraction of sp³-hybridized carbons (Fsp3) is 0.360. The van der Waals surface area contributed by atoms with Gasteiger partial charge in [0.1, 0.15) is 24.0 Å². The predicted molar refractivity (Wildman–Crippen MR) is 127 cm³/mol. The van der Waals surface area contributed by atoms with Gasteiger partial charge in [-0.25, -0.2) is 14.5 Å². The molecule has 5 rings (SSSR count). The highest BCUT2D eigenvalue weighted by atomic mass is 16.5. The Morgan fingerprint density at radius 2 is 1.97 bits per heavy atom. The van der Waals surface area contributed by atoms with Crippen LogP contribution in [-0.4, -0.2) is 43.4 Å². The average molecular weight is 445 g/mol. The van der Waals surface area contributed by atoms with Crippen LogP contribution in [0.1, 0.15) is 37.0 Å². The molecule has 8 nitrogen and oxygen atoms in total. The zero-order valence-corrected chi connectivity index (χ0v) is 19.4. The van der Waals surface area contributed by atoms with Gasteiger partial charge in [0, 0.05) is 41.9 Å². The van der Waals surface area contributed by atoms with Crippen LogP contribution in [0.4, 0.5) is 11.6 Å². The maximum absolute atomic E-state index is 6.22. The van der Waals surface area contributed by atoms with Crippen LogP contribution in [0.2, 0.25) is 0 Å². The van der Waals surface area contributed by atoms with Gasteiger partial charge < -0.3 is 14.8 Å². The van der Waals surface area contributed by atoms with E-state index in [4.69, 9.17) is 9.47 Å². The van der Waals surface area contributed by atoms with Crippen molar-refractivity contribution < 1.29 is 9.47 Å². The minimum absolute atomic E-state index is 0.240. The number of rotatable bonds is 6. The summed E-state index contributed by atoms with van der Waals surface area (Å²) in [5.74, 6) is 2.93. The Bertz CT molecular complexity index is 1290. The Hall–Kier alpha value is -3.52. The van der Waals surface area contributed by atoms with E-state index in [1.165, 1.54) is 0 Å². The standard InChI is InChI=1S/C25H28N6O2/c1-16-10-21(22(14-26-16)32-15-25(4)7-5-9-33-25)19-6-8-31-20(12-19)13-24(30-31)29-23-11-17(2)27-18(3)28-23/h6,8,10-14H,5,7,9,15H2,1-4H3,(H,27,28,29,30)/t25-/m0/s1. The Balaban J connectivity index is 1.43. The molecule has 170 valence electrons. The minimum atomic E-state index is -0.240. The third kappa shape index (κ3) is 4.66. The lowest BCUT2D eigenvalue weighted by atomic mass is 10.0. The largest absolute Gasteiger partial charge is 0.488 e. The number of aromatic nitrogens is 5. The summed E-state index contributed by atoms with van der Waals surface area (Å²) in [7, 11) is 0. The lowest BCUT2D eigenvalue weighted by molar-refractivity contribution is -0.0158. The highest BCUT2D eigenvalue weighted by molar-refractivity contribution is 5.75. The maximum Gasteiger partial charge on any atom is 0.154 e. The molecular formula is C25H28N6O2. The topological polar surface area (TPSA) is 86.5 Å². The van der Waals surface area contributed by atoms with Crippen molar-refractivity contribution in [3.8, 4) is 16.9 Å². The smallest absolute Gasteiger partial charge is 0.154 e. The van der Waals surface area contributed by atoms with Gasteiger partial charge in [0.2, 0.25) is 0 Å². The van der Waals surface area contributed by atoms with Crippen LogP contribution in [-0.2, 0) is 4.74 Å². The second-order valence-corrected chi connectivity index (χ2v) is 8.89. The number of nitrogens with zero attached hydrogens (tertiary/aromatic N) is 5. The molecule has 0 radical (unpaired) electrons. The number of pyridine rings is 2. The van der Waals surface area contributed by atoms with Gasteiger partial charge >= 0.3 is 0 Å². The van der Waals surface area contributed by atoms with E-state index < -0.39 is 0 Å². The number of fused-ring (bicyclic) bond motifs is 1. The molecule has 1 saturated heterocycles. The van der Waals surface area contributed by atoms with E-state index in [1.807, 2.05) is 49.7 Å². The third-order valence-electron chi connectivity index (χ3n) is 5.83. The number of hydrogen-bond donors (Lipinski definition) is 1. The maximum atomic E-state index is 6.22. The van der Waals surface area contributed by atoms with Crippen LogP contribution in [0, 0.1) is 20.8 Å². The monoisotopic (exact) mass is 444 g/mol. The molecule has 0 amide bonds. The van der Waals surface area contributed by atoms with Crippen LogP contribution < -0.4 is 10.1 Å². The highest BCUT2D eigenvalue weighted by Gasteiger charge is 2.31. The lowest BCUT2D eigenvalue weighted by Gasteiger charge is -2.24. The van der Waals surface area contributed by atoms with Crippen molar-refractivity contribution in [1.82, 2.24) is 24.6 Å². The van der Waals surface area contributed by atoms with Crippen molar-refractivity contribution in [2.75, 3.05) is 18.5 Å². The lowest BCUT2D eigenvalue weighted by Crippen LogP contribution is -2.31. The predicted octanol–water partition coefficient (Wildman–Crippen LogP) is 4.80. The Labute approximate surface area is 193 Å². The quantitative estimate of drug-likeness (QED) is 0.457. The average Bonchev–Trinajstić information content (AvgIpc) is 3.37. The number of anilines is 2. The summed E-state index contributed by atoms with van der Waals surface area (Å²) in [5.41, 5.74) is 4.61. The summed E-state index contributed by atoms with van der Waals surface area (Å²) in [4.78, 5) is 13.2. The second-order valence-electron chi connectivity index (χ2n) is 8.89. The first-order chi connectivity index (χ1) is 15.9. The van der Waals surface area contributed by atoms with Gasteiger partial charge in [-0.2, -0.15) is 5.10 Å². The summed E-state index contributed by atoms with van der Waals surface area (Å²) in [6.07, 6.45) is 5.83. The molecule has 1 fully saturated rings. The number of aryl methyl sites for hydroxylation is 3. The Kier molecular flexibility index (Phi) is 5.46. The number of hydrogen-bond acceptors (Lipinski definition) is 7. The van der Waals surface area contributed by atoms with Crippen LogP contribution in [0.25, 0.3) is 16.6 Å². The Morgan fingerprint density at radius 3 is 2.76 bits per heavy atom. The summed E-state index contributed by atoms with van der Waals surface area (Å²) >= 11 is 0. The molecule has 0 saturated carbocycles. The van der Waals surface area contributed by atoms with E-state index in [0.29, 0.717) is 6.61 Å². The molecule has 1 N–H and O–H groups in total. The summed E-state index contributed by atoms with van der Waals surface area (Å²) in [5, 5.41) is 7.90. The van der Waals surface area contributed by atoms with Crippen molar-refractivity contribution in [3.05, 3.63) is 59.9 Å². The first-order valence-electron chi connectivity index (χ1n) is 11.2.